The zero-order valence-electron chi connectivity index (χ0n) is 13.7. The fourth-order valence-electron chi connectivity index (χ4n) is 2.29. The Balaban J connectivity index is 0. The number of nitrogens with zero attached hydrogens (tertiary/aromatic N) is 1. The van der Waals surface area contributed by atoms with Gasteiger partial charge in [0.05, 0.1) is 0 Å². The first-order valence-electron chi connectivity index (χ1n) is 8.44. The maximum atomic E-state index is 10.3. The fourth-order valence-corrected chi connectivity index (χ4v) is 2.29. The smallest absolute Gasteiger partial charge is 0.303 e. The van der Waals surface area contributed by atoms with Gasteiger partial charge in [-0.3, -0.25) is 4.79 Å². The number of carboxylic acid groups (broad SMARTS) is 1. The van der Waals surface area contributed by atoms with E-state index in [2.05, 4.69) is 6.92 Å². The number of carboxylic acids is 1. The van der Waals surface area contributed by atoms with Gasteiger partial charge in [0.2, 0.25) is 4.91 Å². The van der Waals surface area contributed by atoms with Gasteiger partial charge in [-0.05, 0) is 6.42 Å². The molecular weight excluding hydrogens is 266 g/mol. The first kappa shape index (κ1) is 22.1. The molecule has 3 N–H and O–H groups in total. The van der Waals surface area contributed by atoms with Gasteiger partial charge in [0, 0.05) is 6.42 Å². The topological polar surface area (TPSA) is 99.1 Å². The van der Waals surface area contributed by atoms with Crippen LogP contribution in [0.15, 0.2) is 0 Å². The SMILES string of the molecule is CCCCCCCCCCCCCCCC(=O)O.N=[N+]=N. The minimum Gasteiger partial charge on any atom is -0.481 e. The average Bonchev–Trinajstić information content (AvgIpc) is 2.44. The molecule has 21 heavy (non-hydrogen) atoms. The zero-order chi connectivity index (χ0) is 16.2. The molecule has 0 unspecified atom stereocenters. The standard InChI is InChI=1S/C16H32O2.H2N3/c1-2-3-4-5-6-7-8-9-10-11-12-13-14-15-16(17)18;1-3-2/h2-15H2,1H3,(H,17,18);1-2H/q;+1. The van der Waals surface area contributed by atoms with E-state index >= 15 is 0 Å². The van der Waals surface area contributed by atoms with Gasteiger partial charge in [0.15, 0.2) is 0 Å². The normalized spacial score (nSPS) is 9.57. The summed E-state index contributed by atoms with van der Waals surface area (Å²) in [4.78, 5) is 12.3. The molecule has 0 amide bonds. The lowest BCUT2D eigenvalue weighted by Gasteiger charge is -2.02. The van der Waals surface area contributed by atoms with Crippen LogP contribution < -0.4 is 4.91 Å². The lowest BCUT2D eigenvalue weighted by molar-refractivity contribution is -0.137. The molecule has 0 radical (unpaired) electrons. The summed E-state index contributed by atoms with van der Waals surface area (Å²) in [7, 11) is 0. The van der Waals surface area contributed by atoms with Crippen LogP contribution in [0.4, 0.5) is 0 Å². The van der Waals surface area contributed by atoms with Gasteiger partial charge in [-0.2, -0.15) is 0 Å². The van der Waals surface area contributed by atoms with Crippen molar-refractivity contribution < 1.29 is 9.90 Å². The summed E-state index contributed by atoms with van der Waals surface area (Å²) in [5.74, 6) is -0.655. The van der Waals surface area contributed by atoms with E-state index in [1.165, 1.54) is 70.6 Å². The van der Waals surface area contributed by atoms with Crippen molar-refractivity contribution in [2.75, 3.05) is 0 Å². The Kier molecular flexibility index (Phi) is 22.2. The van der Waals surface area contributed by atoms with Crippen LogP contribution in [0.3, 0.4) is 0 Å². The highest BCUT2D eigenvalue weighted by molar-refractivity contribution is 5.66. The van der Waals surface area contributed by atoms with Crippen LogP contribution in [0.1, 0.15) is 96.8 Å². The molecule has 0 spiro atoms. The Hall–Kier alpha value is -1.22. The van der Waals surface area contributed by atoms with Crippen LogP contribution in [0.25, 0.3) is 0 Å². The highest BCUT2D eigenvalue weighted by Crippen LogP contribution is 2.12. The minimum atomic E-state index is -0.655. The second-order valence-corrected chi connectivity index (χ2v) is 5.50. The summed E-state index contributed by atoms with van der Waals surface area (Å²) in [6.45, 7) is 2.26. The highest BCUT2D eigenvalue weighted by atomic mass is 16.4. The molecule has 0 aliphatic heterocycles. The van der Waals surface area contributed by atoms with Crippen molar-refractivity contribution in [1.29, 1.82) is 11.1 Å². The number of hydrogen-bond donors (Lipinski definition) is 3. The molecule has 0 aliphatic rings. The molecule has 0 bridgehead atoms. The van der Waals surface area contributed by atoms with Crippen molar-refractivity contribution in [3.8, 4) is 0 Å². The molecule has 0 aliphatic carbocycles. The molecule has 0 saturated carbocycles. The minimum absolute atomic E-state index is 0.345. The van der Waals surface area contributed by atoms with Crippen molar-refractivity contribution in [3.63, 3.8) is 0 Å². The van der Waals surface area contributed by atoms with E-state index in [-0.39, 0.29) is 0 Å². The predicted octanol–water partition coefficient (Wildman–Crippen LogP) is 5.67. The van der Waals surface area contributed by atoms with Crippen molar-refractivity contribution in [1.82, 2.24) is 4.91 Å². The van der Waals surface area contributed by atoms with Crippen LogP contribution >= 0.6 is 0 Å². The third-order valence-electron chi connectivity index (χ3n) is 3.49. The molecule has 0 aromatic heterocycles. The van der Waals surface area contributed by atoms with Crippen LogP contribution in [0, 0.1) is 11.1 Å². The molecule has 0 rings (SSSR count). The van der Waals surface area contributed by atoms with E-state index < -0.39 is 5.97 Å². The number of rotatable bonds is 14. The van der Waals surface area contributed by atoms with Gasteiger partial charge in [-0.15, -0.1) is 0 Å². The largest absolute Gasteiger partial charge is 0.481 e. The van der Waals surface area contributed by atoms with Gasteiger partial charge < -0.3 is 5.11 Å². The molecular formula is C16H34N3O2+. The summed E-state index contributed by atoms with van der Waals surface area (Å²) in [5, 5.41) is 8.49. The van der Waals surface area contributed by atoms with Crippen LogP contribution in [-0.4, -0.2) is 11.1 Å². The zero-order valence-corrected chi connectivity index (χ0v) is 13.7. The lowest BCUT2D eigenvalue weighted by atomic mass is 10.0. The van der Waals surface area contributed by atoms with E-state index in [1.807, 2.05) is 4.91 Å². The molecule has 0 aromatic carbocycles. The summed E-state index contributed by atoms with van der Waals surface area (Å²) in [6, 6.07) is 0. The summed E-state index contributed by atoms with van der Waals surface area (Å²) >= 11 is 0. The fraction of sp³-hybridized carbons (Fsp3) is 0.938. The van der Waals surface area contributed by atoms with E-state index in [1.54, 1.807) is 0 Å². The Morgan fingerprint density at radius 3 is 1.33 bits per heavy atom. The van der Waals surface area contributed by atoms with Crippen molar-refractivity contribution in [2.45, 2.75) is 96.8 Å². The van der Waals surface area contributed by atoms with Crippen molar-refractivity contribution in [3.05, 3.63) is 0 Å². The summed E-state index contributed by atoms with van der Waals surface area (Å²) in [5.41, 5.74) is 11.0. The van der Waals surface area contributed by atoms with E-state index in [0.29, 0.717) is 6.42 Å². The molecule has 0 aromatic rings. The number of unbranched alkanes of at least 4 members (excludes halogenated alkanes) is 12. The molecule has 0 atom stereocenters. The number of carbonyl (C=O) groups is 1. The Bertz CT molecular complexity index is 252. The molecule has 5 heteroatoms. The molecule has 124 valence electrons. The van der Waals surface area contributed by atoms with Crippen LogP contribution in [0.5, 0.6) is 0 Å². The third kappa shape index (κ3) is 27.8. The van der Waals surface area contributed by atoms with Crippen LogP contribution in [-0.2, 0) is 4.79 Å². The molecule has 0 heterocycles. The predicted molar refractivity (Wildman–Crippen MR) is 85.5 cm³/mol. The third-order valence-corrected chi connectivity index (χ3v) is 3.49. The number of nitrogens with one attached hydrogen (secondary N) is 2. The Morgan fingerprint density at radius 1 is 0.762 bits per heavy atom. The molecule has 5 nitrogen and oxygen atoms in total. The Labute approximate surface area is 129 Å². The van der Waals surface area contributed by atoms with Gasteiger partial charge in [-0.1, -0.05) is 84.0 Å². The van der Waals surface area contributed by atoms with Gasteiger partial charge in [-0.25, -0.2) is 0 Å². The highest BCUT2D eigenvalue weighted by Gasteiger charge is 1.96. The lowest BCUT2D eigenvalue weighted by Crippen LogP contribution is -1.93. The van der Waals surface area contributed by atoms with E-state index in [9.17, 15) is 4.79 Å². The Morgan fingerprint density at radius 2 is 1.05 bits per heavy atom. The quantitative estimate of drug-likeness (QED) is 0.219. The number of hydrogen-bond acceptors (Lipinski definition) is 3. The van der Waals surface area contributed by atoms with Gasteiger partial charge in [0.1, 0.15) is 11.1 Å². The second-order valence-electron chi connectivity index (χ2n) is 5.50. The monoisotopic (exact) mass is 300 g/mol. The first-order valence-corrected chi connectivity index (χ1v) is 8.44. The van der Waals surface area contributed by atoms with E-state index in [0.717, 1.165) is 12.8 Å². The van der Waals surface area contributed by atoms with Gasteiger partial charge in [0.25, 0.3) is 0 Å². The van der Waals surface area contributed by atoms with Crippen LogP contribution in [0.2, 0.25) is 0 Å². The number of aliphatic carboxylic acids is 1. The van der Waals surface area contributed by atoms with Crippen molar-refractivity contribution in [2.24, 2.45) is 0 Å². The average molecular weight is 300 g/mol. The second kappa shape index (κ2) is 21.1. The summed E-state index contributed by atoms with van der Waals surface area (Å²) in [6.07, 6.45) is 17.3. The van der Waals surface area contributed by atoms with E-state index in [4.69, 9.17) is 16.2 Å². The summed E-state index contributed by atoms with van der Waals surface area (Å²) < 4.78 is 0. The van der Waals surface area contributed by atoms with Crippen molar-refractivity contribution >= 4 is 5.97 Å². The molecule has 0 fully saturated rings. The maximum Gasteiger partial charge on any atom is 0.303 e. The van der Waals surface area contributed by atoms with Gasteiger partial charge >= 0.3 is 5.97 Å². The maximum absolute atomic E-state index is 10.3. The molecule has 0 saturated heterocycles. The first-order chi connectivity index (χ1) is 10.2.